The number of aromatic amines is 1. The summed E-state index contributed by atoms with van der Waals surface area (Å²) in [5.74, 6) is -0.0785. The van der Waals surface area contributed by atoms with Gasteiger partial charge in [-0.1, -0.05) is 36.4 Å². The Labute approximate surface area is 217 Å². The minimum atomic E-state index is -4.61. The summed E-state index contributed by atoms with van der Waals surface area (Å²) in [7, 11) is 0. The second kappa shape index (κ2) is 10.8. The molecular weight excluding hydrogens is 504 g/mol. The molecule has 0 radical (unpaired) electrons. The van der Waals surface area contributed by atoms with Crippen LogP contribution in [0.25, 0.3) is 0 Å². The van der Waals surface area contributed by atoms with Gasteiger partial charge in [-0.05, 0) is 55.5 Å². The van der Waals surface area contributed by atoms with E-state index in [1.165, 1.54) is 23.9 Å². The molecular formula is C27H30F4N4O3. The van der Waals surface area contributed by atoms with Crippen LogP contribution < -0.4 is 11.0 Å². The zero-order chi connectivity index (χ0) is 27.6. The van der Waals surface area contributed by atoms with Crippen molar-refractivity contribution >= 4 is 5.78 Å². The van der Waals surface area contributed by atoms with E-state index in [0.29, 0.717) is 12.8 Å². The van der Waals surface area contributed by atoms with Crippen LogP contribution in [0.3, 0.4) is 0 Å². The SMILES string of the molecule is CC(=O)C[C@]1(n2cn[nH]c2=O)CC[C@@](CO[C@H](C)c2cc(CF)cc(C(F)(F)F)c2)(c2ccccc2)NC1. The summed E-state index contributed by atoms with van der Waals surface area (Å²) in [6.45, 7) is 2.43. The van der Waals surface area contributed by atoms with E-state index in [1.54, 1.807) is 6.92 Å². The van der Waals surface area contributed by atoms with Gasteiger partial charge < -0.3 is 10.1 Å². The third kappa shape index (κ3) is 5.73. The molecule has 2 aromatic carbocycles. The summed E-state index contributed by atoms with van der Waals surface area (Å²) in [4.78, 5) is 24.6. The standard InChI is InChI=1S/C27H30F4N4O3/c1-18(36)13-25(35-17-33-34-24(35)37)8-9-26(32-15-25,22-6-4-3-5-7-22)16-38-19(2)21-10-20(14-28)11-23(12-21)27(29,30)31/h3-7,10-12,17,19,32H,8-9,13-16H2,1-2H3,(H,34,37)/t19-,25-,26-/m1/s1. The molecule has 1 fully saturated rings. The first kappa shape index (κ1) is 27.7. The number of halogens is 4. The molecule has 2 N–H and O–H groups in total. The number of carbonyl (C=O) groups is 1. The molecule has 3 aromatic rings. The van der Waals surface area contributed by atoms with Crippen LogP contribution in [0.4, 0.5) is 17.6 Å². The Balaban J connectivity index is 1.62. The molecule has 0 aliphatic carbocycles. The Morgan fingerprint density at radius 3 is 2.47 bits per heavy atom. The van der Waals surface area contributed by atoms with Gasteiger partial charge in [0.05, 0.1) is 29.4 Å². The van der Waals surface area contributed by atoms with Gasteiger partial charge >= 0.3 is 11.9 Å². The summed E-state index contributed by atoms with van der Waals surface area (Å²) in [6, 6.07) is 12.6. The van der Waals surface area contributed by atoms with Crippen LogP contribution >= 0.6 is 0 Å². The van der Waals surface area contributed by atoms with Crippen molar-refractivity contribution in [3.05, 3.63) is 87.6 Å². The molecule has 4 rings (SSSR count). The molecule has 1 aliphatic rings. The van der Waals surface area contributed by atoms with Crippen molar-refractivity contribution in [2.75, 3.05) is 13.2 Å². The number of ketones is 1. The topological polar surface area (TPSA) is 89.0 Å². The molecule has 0 amide bonds. The van der Waals surface area contributed by atoms with Crippen molar-refractivity contribution < 1.29 is 27.1 Å². The number of nitrogens with zero attached hydrogens (tertiary/aromatic N) is 2. The Kier molecular flexibility index (Phi) is 7.89. The second-order valence-electron chi connectivity index (χ2n) is 9.98. The maximum Gasteiger partial charge on any atom is 0.416 e. The molecule has 204 valence electrons. The Hall–Kier alpha value is -3.31. The number of hydrogen-bond acceptors (Lipinski definition) is 5. The molecule has 0 saturated carbocycles. The molecule has 7 nitrogen and oxygen atoms in total. The summed E-state index contributed by atoms with van der Waals surface area (Å²) in [5.41, 5.74) is -1.87. The first-order chi connectivity index (χ1) is 18.0. The number of aromatic nitrogens is 3. The molecule has 1 saturated heterocycles. The van der Waals surface area contributed by atoms with Gasteiger partial charge in [-0.2, -0.15) is 18.3 Å². The van der Waals surface area contributed by atoms with Crippen molar-refractivity contribution in [1.82, 2.24) is 20.1 Å². The maximum atomic E-state index is 13.4. The maximum absolute atomic E-state index is 13.4. The highest BCUT2D eigenvalue weighted by Crippen LogP contribution is 2.40. The van der Waals surface area contributed by atoms with E-state index in [0.717, 1.165) is 17.7 Å². The van der Waals surface area contributed by atoms with E-state index in [4.69, 9.17) is 4.74 Å². The fourth-order valence-corrected chi connectivity index (χ4v) is 5.22. The lowest BCUT2D eigenvalue weighted by molar-refractivity contribution is -0.137. The van der Waals surface area contributed by atoms with Crippen LogP contribution in [0.1, 0.15) is 61.5 Å². The predicted octanol–water partition coefficient (Wildman–Crippen LogP) is 4.79. The third-order valence-electron chi connectivity index (χ3n) is 7.29. The second-order valence-corrected chi connectivity index (χ2v) is 9.98. The summed E-state index contributed by atoms with van der Waals surface area (Å²) in [5, 5.41) is 9.72. The molecule has 38 heavy (non-hydrogen) atoms. The monoisotopic (exact) mass is 534 g/mol. The van der Waals surface area contributed by atoms with E-state index in [1.807, 2.05) is 30.3 Å². The summed E-state index contributed by atoms with van der Waals surface area (Å²) < 4.78 is 61.1. The van der Waals surface area contributed by atoms with Crippen LogP contribution in [-0.2, 0) is 33.5 Å². The van der Waals surface area contributed by atoms with Crippen molar-refractivity contribution in [3.8, 4) is 0 Å². The quantitative estimate of drug-likeness (QED) is 0.386. The van der Waals surface area contributed by atoms with Crippen LogP contribution in [0.2, 0.25) is 0 Å². The highest BCUT2D eigenvalue weighted by atomic mass is 19.4. The fraction of sp³-hybridized carbons (Fsp3) is 0.444. The number of Topliss-reactive ketones (excluding diaryl/α,β-unsaturated/α-hetero) is 1. The smallest absolute Gasteiger partial charge is 0.372 e. The first-order valence-electron chi connectivity index (χ1n) is 12.3. The molecule has 2 heterocycles. The Morgan fingerprint density at radius 1 is 1.18 bits per heavy atom. The van der Waals surface area contributed by atoms with E-state index in [-0.39, 0.29) is 36.5 Å². The Morgan fingerprint density at radius 2 is 1.92 bits per heavy atom. The van der Waals surface area contributed by atoms with Gasteiger partial charge in [-0.3, -0.25) is 9.36 Å². The average molecular weight is 535 g/mol. The minimum Gasteiger partial charge on any atom is -0.372 e. The van der Waals surface area contributed by atoms with Crippen LogP contribution in [0.15, 0.2) is 59.7 Å². The van der Waals surface area contributed by atoms with E-state index < -0.39 is 41.3 Å². The molecule has 0 bridgehead atoms. The lowest BCUT2D eigenvalue weighted by Gasteiger charge is -2.47. The summed E-state index contributed by atoms with van der Waals surface area (Å²) >= 11 is 0. The van der Waals surface area contributed by atoms with Crippen molar-refractivity contribution in [2.24, 2.45) is 0 Å². The van der Waals surface area contributed by atoms with E-state index in [9.17, 15) is 27.2 Å². The van der Waals surface area contributed by atoms with Gasteiger partial charge in [0, 0.05) is 13.0 Å². The average Bonchev–Trinajstić information content (AvgIpc) is 3.34. The van der Waals surface area contributed by atoms with Crippen LogP contribution in [-0.4, -0.2) is 33.7 Å². The molecule has 1 aliphatic heterocycles. The van der Waals surface area contributed by atoms with E-state index in [2.05, 4.69) is 15.5 Å². The van der Waals surface area contributed by atoms with Gasteiger partial charge in [0.2, 0.25) is 0 Å². The van der Waals surface area contributed by atoms with Crippen molar-refractivity contribution in [2.45, 2.75) is 63.1 Å². The number of nitrogens with one attached hydrogen (secondary N) is 2. The minimum absolute atomic E-state index is 0.0709. The van der Waals surface area contributed by atoms with Gasteiger partial charge in [-0.25, -0.2) is 14.3 Å². The molecule has 11 heteroatoms. The number of hydrogen-bond donors (Lipinski definition) is 2. The van der Waals surface area contributed by atoms with E-state index >= 15 is 0 Å². The van der Waals surface area contributed by atoms with Crippen molar-refractivity contribution in [1.29, 1.82) is 0 Å². The highest BCUT2D eigenvalue weighted by Gasteiger charge is 2.46. The zero-order valence-electron chi connectivity index (χ0n) is 21.1. The molecule has 0 unspecified atom stereocenters. The lowest BCUT2D eigenvalue weighted by atomic mass is 9.74. The van der Waals surface area contributed by atoms with Gasteiger partial charge in [0.15, 0.2) is 0 Å². The molecule has 3 atom stereocenters. The Bertz CT molecular complexity index is 1310. The molecule has 0 spiro atoms. The number of rotatable bonds is 9. The van der Waals surface area contributed by atoms with Gasteiger partial charge in [-0.15, -0.1) is 0 Å². The first-order valence-corrected chi connectivity index (χ1v) is 12.3. The number of piperidine rings is 1. The third-order valence-corrected chi connectivity index (χ3v) is 7.29. The largest absolute Gasteiger partial charge is 0.416 e. The normalized spacial score (nSPS) is 22.8. The highest BCUT2D eigenvalue weighted by molar-refractivity contribution is 5.76. The summed E-state index contributed by atoms with van der Waals surface area (Å²) in [6.07, 6.45) is -2.95. The number of carbonyl (C=O) groups excluding carboxylic acids is 1. The predicted molar refractivity (Wildman–Crippen MR) is 132 cm³/mol. The lowest BCUT2D eigenvalue weighted by Crippen LogP contribution is -2.60. The van der Waals surface area contributed by atoms with Gasteiger partial charge in [0.25, 0.3) is 0 Å². The fourth-order valence-electron chi connectivity index (χ4n) is 5.22. The number of benzene rings is 2. The van der Waals surface area contributed by atoms with Crippen LogP contribution in [0.5, 0.6) is 0 Å². The number of H-pyrrole nitrogens is 1. The number of ether oxygens (including phenoxy) is 1. The van der Waals surface area contributed by atoms with Crippen molar-refractivity contribution in [3.63, 3.8) is 0 Å². The van der Waals surface area contributed by atoms with Gasteiger partial charge in [0.1, 0.15) is 18.8 Å². The van der Waals surface area contributed by atoms with Crippen LogP contribution in [0, 0.1) is 0 Å². The number of alkyl halides is 4. The zero-order valence-corrected chi connectivity index (χ0v) is 21.1. The molecule has 1 aromatic heterocycles.